The standard InChI is InChI=1S/C16H26N2O3S/c1-4-17-22(19,20)15-9-6-5-8-14(15)18-12-7-10-16(2,21-3)11-13-18/h5-6,8-9,17H,4,7,10-13H2,1-3H3. The van der Waals surface area contributed by atoms with Gasteiger partial charge in [0, 0.05) is 26.7 Å². The van der Waals surface area contributed by atoms with E-state index in [0.29, 0.717) is 11.4 Å². The maximum atomic E-state index is 12.4. The molecule has 1 N–H and O–H groups in total. The Labute approximate surface area is 133 Å². The van der Waals surface area contributed by atoms with Gasteiger partial charge in [-0.3, -0.25) is 0 Å². The van der Waals surface area contributed by atoms with E-state index < -0.39 is 10.0 Å². The van der Waals surface area contributed by atoms with Crippen molar-refractivity contribution in [1.82, 2.24) is 4.72 Å². The molecule has 1 saturated heterocycles. The van der Waals surface area contributed by atoms with Crippen LogP contribution in [0.4, 0.5) is 5.69 Å². The number of nitrogens with one attached hydrogen (secondary N) is 1. The summed E-state index contributed by atoms with van der Waals surface area (Å²) in [6.45, 7) is 5.94. The molecular formula is C16H26N2O3S. The first-order valence-corrected chi connectivity index (χ1v) is 9.29. The van der Waals surface area contributed by atoms with Gasteiger partial charge in [0.15, 0.2) is 0 Å². The van der Waals surface area contributed by atoms with Crippen LogP contribution in [0.5, 0.6) is 0 Å². The summed E-state index contributed by atoms with van der Waals surface area (Å²) in [5.41, 5.74) is 0.661. The number of anilines is 1. The molecule has 0 aliphatic carbocycles. The van der Waals surface area contributed by atoms with Crippen LogP contribution in [-0.4, -0.2) is 40.8 Å². The van der Waals surface area contributed by atoms with Crippen molar-refractivity contribution in [2.24, 2.45) is 0 Å². The maximum Gasteiger partial charge on any atom is 0.242 e. The van der Waals surface area contributed by atoms with E-state index in [0.717, 1.165) is 38.0 Å². The van der Waals surface area contributed by atoms with Crippen molar-refractivity contribution >= 4 is 15.7 Å². The maximum absolute atomic E-state index is 12.4. The molecule has 0 aromatic heterocycles. The van der Waals surface area contributed by atoms with E-state index in [1.807, 2.05) is 12.1 Å². The molecule has 1 heterocycles. The molecule has 2 rings (SSSR count). The van der Waals surface area contributed by atoms with Crippen molar-refractivity contribution in [3.63, 3.8) is 0 Å². The van der Waals surface area contributed by atoms with Gasteiger partial charge in [-0.15, -0.1) is 0 Å². The van der Waals surface area contributed by atoms with Gasteiger partial charge in [-0.25, -0.2) is 13.1 Å². The molecule has 0 bridgehead atoms. The van der Waals surface area contributed by atoms with Gasteiger partial charge in [0.1, 0.15) is 4.90 Å². The highest BCUT2D eigenvalue weighted by atomic mass is 32.2. The zero-order valence-corrected chi connectivity index (χ0v) is 14.4. The Hall–Kier alpha value is -1.11. The first-order chi connectivity index (χ1) is 10.4. The Bertz CT molecular complexity index is 603. The average Bonchev–Trinajstić information content (AvgIpc) is 2.70. The number of rotatable bonds is 5. The summed E-state index contributed by atoms with van der Waals surface area (Å²) in [6.07, 6.45) is 2.86. The molecule has 0 saturated carbocycles. The lowest BCUT2D eigenvalue weighted by atomic mass is 9.97. The molecule has 0 spiro atoms. The number of sulfonamides is 1. The number of nitrogens with zero attached hydrogens (tertiary/aromatic N) is 1. The fourth-order valence-corrected chi connectivity index (χ4v) is 4.18. The SMILES string of the molecule is CCNS(=O)(=O)c1ccccc1N1CCCC(C)(OC)CC1. The van der Waals surface area contributed by atoms with Crippen LogP contribution < -0.4 is 9.62 Å². The zero-order chi connectivity index (χ0) is 16.2. The monoisotopic (exact) mass is 326 g/mol. The predicted octanol–water partition coefficient (Wildman–Crippen LogP) is 2.38. The summed E-state index contributed by atoms with van der Waals surface area (Å²) in [7, 11) is -1.71. The summed E-state index contributed by atoms with van der Waals surface area (Å²) in [5, 5.41) is 0. The van der Waals surface area contributed by atoms with Crippen molar-refractivity contribution in [3.05, 3.63) is 24.3 Å². The highest BCUT2D eigenvalue weighted by molar-refractivity contribution is 7.89. The summed E-state index contributed by atoms with van der Waals surface area (Å²) < 4.78 is 33.0. The smallest absolute Gasteiger partial charge is 0.242 e. The van der Waals surface area contributed by atoms with Crippen LogP contribution in [0.25, 0.3) is 0 Å². The molecule has 1 aromatic rings. The molecule has 1 aliphatic heterocycles. The Morgan fingerprint density at radius 2 is 2.00 bits per heavy atom. The number of hydrogen-bond acceptors (Lipinski definition) is 4. The number of benzene rings is 1. The normalized spacial score (nSPS) is 23.3. The topological polar surface area (TPSA) is 58.6 Å². The summed E-state index contributed by atoms with van der Waals surface area (Å²) in [5.74, 6) is 0. The average molecular weight is 326 g/mol. The third-order valence-corrected chi connectivity index (χ3v) is 5.96. The molecule has 0 amide bonds. The summed E-state index contributed by atoms with van der Waals surface area (Å²) >= 11 is 0. The number of para-hydroxylation sites is 1. The quantitative estimate of drug-likeness (QED) is 0.902. The van der Waals surface area contributed by atoms with Crippen LogP contribution in [0.1, 0.15) is 33.1 Å². The lowest BCUT2D eigenvalue weighted by Gasteiger charge is -2.28. The minimum absolute atomic E-state index is 0.121. The van der Waals surface area contributed by atoms with Crippen LogP contribution in [0, 0.1) is 0 Å². The van der Waals surface area contributed by atoms with Crippen LogP contribution >= 0.6 is 0 Å². The van der Waals surface area contributed by atoms with Crippen molar-refractivity contribution < 1.29 is 13.2 Å². The second-order valence-corrected chi connectivity index (χ2v) is 7.70. The second kappa shape index (κ2) is 6.98. The molecule has 1 atom stereocenters. The minimum Gasteiger partial charge on any atom is -0.378 e. The van der Waals surface area contributed by atoms with Crippen molar-refractivity contribution in [3.8, 4) is 0 Å². The number of methoxy groups -OCH3 is 1. The van der Waals surface area contributed by atoms with Gasteiger partial charge >= 0.3 is 0 Å². The van der Waals surface area contributed by atoms with Crippen molar-refractivity contribution in [2.45, 2.75) is 43.6 Å². The van der Waals surface area contributed by atoms with Crippen molar-refractivity contribution in [1.29, 1.82) is 0 Å². The van der Waals surface area contributed by atoms with Crippen LogP contribution in [0.3, 0.4) is 0 Å². The Kier molecular flexibility index (Phi) is 5.47. The molecule has 1 fully saturated rings. The fraction of sp³-hybridized carbons (Fsp3) is 0.625. The first kappa shape index (κ1) is 17.2. The summed E-state index contributed by atoms with van der Waals surface area (Å²) in [6, 6.07) is 7.22. The Morgan fingerprint density at radius 3 is 2.68 bits per heavy atom. The molecule has 22 heavy (non-hydrogen) atoms. The third kappa shape index (κ3) is 3.80. The lowest BCUT2D eigenvalue weighted by molar-refractivity contribution is -0.00330. The molecule has 6 heteroatoms. The summed E-state index contributed by atoms with van der Waals surface area (Å²) in [4.78, 5) is 2.52. The first-order valence-electron chi connectivity index (χ1n) is 7.81. The predicted molar refractivity (Wildman–Crippen MR) is 88.8 cm³/mol. The van der Waals surface area contributed by atoms with Crippen molar-refractivity contribution in [2.75, 3.05) is 31.6 Å². The number of ether oxygens (including phenoxy) is 1. The molecular weight excluding hydrogens is 300 g/mol. The van der Waals surface area contributed by atoms with E-state index in [-0.39, 0.29) is 5.60 Å². The van der Waals surface area contributed by atoms with Crippen LogP contribution in [0.2, 0.25) is 0 Å². The molecule has 1 aliphatic rings. The van der Waals surface area contributed by atoms with E-state index in [1.165, 1.54) is 0 Å². The zero-order valence-electron chi connectivity index (χ0n) is 13.6. The van der Waals surface area contributed by atoms with E-state index in [2.05, 4.69) is 16.5 Å². The van der Waals surface area contributed by atoms with E-state index in [1.54, 1.807) is 26.2 Å². The molecule has 5 nitrogen and oxygen atoms in total. The van der Waals surface area contributed by atoms with Gasteiger partial charge in [0.05, 0.1) is 11.3 Å². The lowest BCUT2D eigenvalue weighted by Crippen LogP contribution is -2.32. The van der Waals surface area contributed by atoms with Gasteiger partial charge in [0.25, 0.3) is 0 Å². The van der Waals surface area contributed by atoms with Crippen LogP contribution in [-0.2, 0) is 14.8 Å². The molecule has 0 radical (unpaired) electrons. The largest absolute Gasteiger partial charge is 0.378 e. The third-order valence-electron chi connectivity index (χ3n) is 4.37. The van der Waals surface area contributed by atoms with Gasteiger partial charge in [-0.1, -0.05) is 19.1 Å². The van der Waals surface area contributed by atoms with E-state index in [4.69, 9.17) is 4.74 Å². The second-order valence-electron chi connectivity index (χ2n) is 5.96. The van der Waals surface area contributed by atoms with E-state index >= 15 is 0 Å². The van der Waals surface area contributed by atoms with Gasteiger partial charge in [-0.2, -0.15) is 0 Å². The molecule has 1 unspecified atom stereocenters. The van der Waals surface area contributed by atoms with Gasteiger partial charge in [-0.05, 0) is 38.3 Å². The molecule has 124 valence electrons. The highest BCUT2D eigenvalue weighted by Crippen LogP contribution is 2.31. The Balaban J connectivity index is 2.30. The fourth-order valence-electron chi connectivity index (χ4n) is 2.91. The van der Waals surface area contributed by atoms with Gasteiger partial charge < -0.3 is 9.64 Å². The van der Waals surface area contributed by atoms with Gasteiger partial charge in [0.2, 0.25) is 10.0 Å². The minimum atomic E-state index is -3.46. The Morgan fingerprint density at radius 1 is 1.27 bits per heavy atom. The van der Waals surface area contributed by atoms with E-state index in [9.17, 15) is 8.42 Å². The highest BCUT2D eigenvalue weighted by Gasteiger charge is 2.29. The van der Waals surface area contributed by atoms with Crippen LogP contribution in [0.15, 0.2) is 29.2 Å². The number of hydrogen-bond donors (Lipinski definition) is 1. The molecule has 1 aromatic carbocycles.